The normalized spacial score (nSPS) is 15.1. The van der Waals surface area contributed by atoms with Gasteiger partial charge >= 0.3 is 0 Å². The van der Waals surface area contributed by atoms with E-state index in [1.165, 1.54) is 34.6 Å². The summed E-state index contributed by atoms with van der Waals surface area (Å²) in [6, 6.07) is 3.48. The molecule has 0 aliphatic carbocycles. The fraction of sp³-hybridized carbons (Fsp3) is 0.714. The largest absolute Gasteiger partial charge is 0.307 e. The Kier molecular flexibility index (Phi) is 5.50. The van der Waals surface area contributed by atoms with Gasteiger partial charge < -0.3 is 5.32 Å². The average molecular weight is 239 g/mol. The summed E-state index contributed by atoms with van der Waals surface area (Å²) in [5.74, 6) is 0. The van der Waals surface area contributed by atoms with Crippen LogP contribution in [0.2, 0.25) is 0 Å². The molecule has 1 heterocycles. The third-order valence-corrected chi connectivity index (χ3v) is 4.14. The average Bonchev–Trinajstić information content (AvgIpc) is 2.57. The standard InChI is InChI=1S/C14H25NS/c1-6-8-13(7-2)15-11(4)14-9-10(3)16-12(14)5/h9,11,13,15H,6-8H2,1-5H3. The Morgan fingerprint density at radius 3 is 2.44 bits per heavy atom. The van der Waals surface area contributed by atoms with Crippen LogP contribution >= 0.6 is 11.3 Å². The Labute approximate surface area is 104 Å². The maximum atomic E-state index is 3.74. The van der Waals surface area contributed by atoms with Crippen molar-refractivity contribution in [3.05, 3.63) is 21.4 Å². The van der Waals surface area contributed by atoms with Crippen molar-refractivity contribution in [1.29, 1.82) is 0 Å². The Morgan fingerprint density at radius 2 is 2.00 bits per heavy atom. The van der Waals surface area contributed by atoms with Gasteiger partial charge in [-0.2, -0.15) is 0 Å². The molecule has 0 saturated carbocycles. The van der Waals surface area contributed by atoms with E-state index in [1.807, 2.05) is 11.3 Å². The van der Waals surface area contributed by atoms with Crippen LogP contribution in [0.1, 0.15) is 61.4 Å². The molecule has 1 rings (SSSR count). The first-order valence-electron chi connectivity index (χ1n) is 6.41. The first-order valence-corrected chi connectivity index (χ1v) is 7.23. The van der Waals surface area contributed by atoms with Gasteiger partial charge in [-0.15, -0.1) is 11.3 Å². The molecular formula is C14H25NS. The number of nitrogens with one attached hydrogen (secondary N) is 1. The van der Waals surface area contributed by atoms with Gasteiger partial charge in [0.05, 0.1) is 0 Å². The van der Waals surface area contributed by atoms with Gasteiger partial charge in [0.15, 0.2) is 0 Å². The summed E-state index contributed by atoms with van der Waals surface area (Å²) in [6.45, 7) is 11.2. The van der Waals surface area contributed by atoms with Crippen LogP contribution in [0.5, 0.6) is 0 Å². The van der Waals surface area contributed by atoms with Crippen molar-refractivity contribution in [2.45, 2.75) is 66.0 Å². The minimum atomic E-state index is 0.487. The fourth-order valence-electron chi connectivity index (χ4n) is 2.28. The van der Waals surface area contributed by atoms with E-state index < -0.39 is 0 Å². The number of hydrogen-bond acceptors (Lipinski definition) is 2. The molecule has 0 aliphatic heterocycles. The minimum absolute atomic E-state index is 0.487. The molecule has 2 atom stereocenters. The molecule has 0 amide bonds. The molecule has 2 unspecified atom stereocenters. The van der Waals surface area contributed by atoms with E-state index in [9.17, 15) is 0 Å². The molecule has 1 aromatic heterocycles. The molecule has 16 heavy (non-hydrogen) atoms. The predicted molar refractivity (Wildman–Crippen MR) is 74.3 cm³/mol. The maximum absolute atomic E-state index is 3.74. The van der Waals surface area contributed by atoms with Crippen molar-refractivity contribution in [3.8, 4) is 0 Å². The Hall–Kier alpha value is -0.340. The lowest BCUT2D eigenvalue weighted by molar-refractivity contribution is 0.417. The van der Waals surface area contributed by atoms with Crippen molar-refractivity contribution >= 4 is 11.3 Å². The van der Waals surface area contributed by atoms with Gasteiger partial charge in [-0.25, -0.2) is 0 Å². The van der Waals surface area contributed by atoms with Crippen molar-refractivity contribution < 1.29 is 0 Å². The van der Waals surface area contributed by atoms with Gasteiger partial charge in [-0.3, -0.25) is 0 Å². The molecule has 0 fully saturated rings. The molecule has 1 N–H and O–H groups in total. The van der Waals surface area contributed by atoms with E-state index >= 15 is 0 Å². The first kappa shape index (κ1) is 13.7. The van der Waals surface area contributed by atoms with Crippen molar-refractivity contribution in [2.24, 2.45) is 0 Å². The molecule has 1 nitrogen and oxygen atoms in total. The van der Waals surface area contributed by atoms with Crippen LogP contribution in [-0.4, -0.2) is 6.04 Å². The van der Waals surface area contributed by atoms with Gasteiger partial charge in [0.1, 0.15) is 0 Å². The summed E-state index contributed by atoms with van der Waals surface area (Å²) in [6.07, 6.45) is 3.77. The SMILES string of the molecule is CCCC(CC)NC(C)c1cc(C)sc1C. The molecule has 0 radical (unpaired) electrons. The summed E-state index contributed by atoms with van der Waals surface area (Å²) in [4.78, 5) is 2.88. The Morgan fingerprint density at radius 1 is 1.31 bits per heavy atom. The van der Waals surface area contributed by atoms with Gasteiger partial charge in [0.2, 0.25) is 0 Å². The van der Waals surface area contributed by atoms with E-state index in [4.69, 9.17) is 0 Å². The molecule has 0 aliphatic rings. The second-order valence-electron chi connectivity index (χ2n) is 4.65. The molecule has 0 aromatic carbocycles. The van der Waals surface area contributed by atoms with Crippen LogP contribution < -0.4 is 5.32 Å². The highest BCUT2D eigenvalue weighted by Gasteiger charge is 2.14. The zero-order chi connectivity index (χ0) is 12.1. The third kappa shape index (κ3) is 3.60. The van der Waals surface area contributed by atoms with Gasteiger partial charge in [0, 0.05) is 21.8 Å². The van der Waals surface area contributed by atoms with E-state index in [0.717, 1.165) is 0 Å². The van der Waals surface area contributed by atoms with Gasteiger partial charge in [-0.1, -0.05) is 20.3 Å². The van der Waals surface area contributed by atoms with Crippen LogP contribution in [0.4, 0.5) is 0 Å². The highest BCUT2D eigenvalue weighted by Crippen LogP contribution is 2.26. The zero-order valence-corrected chi connectivity index (χ0v) is 12.1. The summed E-state index contributed by atoms with van der Waals surface area (Å²) in [5.41, 5.74) is 1.48. The molecule has 92 valence electrons. The molecular weight excluding hydrogens is 214 g/mol. The van der Waals surface area contributed by atoms with Crippen LogP contribution in [0.3, 0.4) is 0 Å². The first-order chi connectivity index (χ1) is 7.58. The lowest BCUT2D eigenvalue weighted by atomic mass is 10.0. The van der Waals surface area contributed by atoms with E-state index in [2.05, 4.69) is 46.0 Å². The molecule has 1 aromatic rings. The molecule has 0 spiro atoms. The van der Waals surface area contributed by atoms with Crippen LogP contribution in [0.25, 0.3) is 0 Å². The lowest BCUT2D eigenvalue weighted by Crippen LogP contribution is -2.30. The summed E-state index contributed by atoms with van der Waals surface area (Å²) in [5, 5.41) is 3.74. The number of hydrogen-bond donors (Lipinski definition) is 1. The quantitative estimate of drug-likeness (QED) is 0.765. The summed E-state index contributed by atoms with van der Waals surface area (Å²) in [7, 11) is 0. The van der Waals surface area contributed by atoms with Crippen LogP contribution in [-0.2, 0) is 0 Å². The second kappa shape index (κ2) is 6.41. The Balaban J connectivity index is 2.63. The van der Waals surface area contributed by atoms with Crippen LogP contribution in [0, 0.1) is 13.8 Å². The lowest BCUT2D eigenvalue weighted by Gasteiger charge is -2.22. The van der Waals surface area contributed by atoms with Crippen LogP contribution in [0.15, 0.2) is 6.07 Å². The highest BCUT2D eigenvalue weighted by atomic mass is 32.1. The highest BCUT2D eigenvalue weighted by molar-refractivity contribution is 7.12. The van der Waals surface area contributed by atoms with E-state index in [1.54, 1.807) is 0 Å². The van der Waals surface area contributed by atoms with Gasteiger partial charge in [0.25, 0.3) is 0 Å². The Bertz CT molecular complexity index is 317. The van der Waals surface area contributed by atoms with E-state index in [0.29, 0.717) is 12.1 Å². The fourth-order valence-corrected chi connectivity index (χ4v) is 3.30. The topological polar surface area (TPSA) is 12.0 Å². The number of thiophene rings is 1. The van der Waals surface area contributed by atoms with Crippen molar-refractivity contribution in [2.75, 3.05) is 0 Å². The monoisotopic (exact) mass is 239 g/mol. The summed E-state index contributed by atoms with van der Waals surface area (Å²) >= 11 is 1.91. The molecule has 0 bridgehead atoms. The number of aryl methyl sites for hydroxylation is 2. The second-order valence-corrected chi connectivity index (χ2v) is 6.11. The number of rotatable bonds is 6. The molecule has 0 saturated heterocycles. The van der Waals surface area contributed by atoms with Crippen molar-refractivity contribution in [3.63, 3.8) is 0 Å². The van der Waals surface area contributed by atoms with E-state index in [-0.39, 0.29) is 0 Å². The predicted octanol–water partition coefficient (Wildman–Crippen LogP) is 4.59. The third-order valence-electron chi connectivity index (χ3n) is 3.16. The summed E-state index contributed by atoms with van der Waals surface area (Å²) < 4.78 is 0. The minimum Gasteiger partial charge on any atom is -0.307 e. The van der Waals surface area contributed by atoms with Gasteiger partial charge in [-0.05, 0) is 45.2 Å². The zero-order valence-electron chi connectivity index (χ0n) is 11.3. The van der Waals surface area contributed by atoms with Crippen molar-refractivity contribution in [1.82, 2.24) is 5.32 Å². The maximum Gasteiger partial charge on any atom is 0.0305 e. The molecule has 2 heteroatoms. The smallest absolute Gasteiger partial charge is 0.0305 e.